The van der Waals surface area contributed by atoms with E-state index < -0.39 is 31.1 Å². The molecule has 26 heavy (non-hydrogen) atoms. The number of carbonyl (C=O) groups excluding carboxylic acids is 1. The second kappa shape index (κ2) is 10.9. The van der Waals surface area contributed by atoms with E-state index in [1.807, 2.05) is 37.2 Å². The van der Waals surface area contributed by atoms with E-state index in [2.05, 4.69) is 18.2 Å². The molecule has 0 N–H and O–H groups in total. The Kier molecular flexibility index (Phi) is 9.26. The Morgan fingerprint density at radius 1 is 1.23 bits per heavy atom. The highest BCUT2D eigenvalue weighted by Crippen LogP contribution is 2.26. The van der Waals surface area contributed by atoms with Crippen LogP contribution >= 0.6 is 18.2 Å². The third-order valence-electron chi connectivity index (χ3n) is 3.76. The smallest absolute Gasteiger partial charge is 0.312 e. The first kappa shape index (κ1) is 22.0. The molecule has 1 aliphatic rings. The van der Waals surface area contributed by atoms with Gasteiger partial charge >= 0.3 is 6.64 Å². The van der Waals surface area contributed by atoms with Crippen molar-refractivity contribution >= 4 is 44.9 Å². The van der Waals surface area contributed by atoms with Crippen LogP contribution in [0.3, 0.4) is 0 Å². The predicted octanol–water partition coefficient (Wildman–Crippen LogP) is 0.936. The Bertz CT molecular complexity index is 566. The van der Waals surface area contributed by atoms with Crippen molar-refractivity contribution in [2.45, 2.75) is 38.0 Å². The Morgan fingerprint density at radius 3 is 2.50 bits per heavy atom. The van der Waals surface area contributed by atoms with Crippen LogP contribution in [0.25, 0.3) is 0 Å². The molecule has 4 unspecified atom stereocenters. The average molecular weight is 394 g/mol. The molecule has 1 heterocycles. The molecule has 2 radical (unpaired) electrons. The summed E-state index contributed by atoms with van der Waals surface area (Å²) in [5, 5.41) is 0. The van der Waals surface area contributed by atoms with E-state index in [4.69, 9.17) is 31.3 Å². The van der Waals surface area contributed by atoms with Gasteiger partial charge in [-0.3, -0.25) is 4.79 Å². The summed E-state index contributed by atoms with van der Waals surface area (Å²) in [6.45, 7) is 1.56. The van der Waals surface area contributed by atoms with Crippen LogP contribution in [0.4, 0.5) is 0 Å². The second-order valence-corrected chi connectivity index (χ2v) is 7.57. The minimum Gasteiger partial charge on any atom is -0.429 e. The molecular formula is C15H23B3O6P2. The number of hydrogen-bond donors (Lipinski definition) is 0. The highest BCUT2D eigenvalue weighted by Gasteiger charge is 2.47. The first-order valence-corrected chi connectivity index (χ1v) is 9.67. The maximum absolute atomic E-state index is 12.6. The molecule has 1 aliphatic heterocycles. The van der Waals surface area contributed by atoms with Crippen LogP contribution in [-0.4, -0.2) is 65.0 Å². The van der Waals surface area contributed by atoms with Gasteiger partial charge in [-0.05, 0) is 5.56 Å². The molecule has 0 amide bonds. The zero-order chi connectivity index (χ0) is 19.1. The Morgan fingerprint density at radius 2 is 1.92 bits per heavy atom. The van der Waals surface area contributed by atoms with Gasteiger partial charge in [0.05, 0.1) is 21.0 Å². The summed E-state index contributed by atoms with van der Waals surface area (Å²) in [6, 6.07) is 9.78. The van der Waals surface area contributed by atoms with Gasteiger partial charge in [0.2, 0.25) is 12.1 Å². The number of ketones is 1. The maximum Gasteiger partial charge on any atom is 0.312 e. The Hall–Kier alpha value is -0.255. The summed E-state index contributed by atoms with van der Waals surface area (Å²) < 4.78 is 28.1. The van der Waals surface area contributed by atoms with E-state index in [1.54, 1.807) is 0 Å². The second-order valence-electron chi connectivity index (χ2n) is 5.97. The minimum absolute atomic E-state index is 0.209. The lowest BCUT2D eigenvalue weighted by Gasteiger charge is -2.41. The molecule has 0 aliphatic carbocycles. The standard InChI is InChI=1S/C15H23B3O6P2/c1-17(25)23-13-11(9-21-8-10-6-4-3-5-7-10)22-15(20-2)12(19)14(13)24-18(16)26/h3-7,11,13-15H,8-9,25-26H2,1-2H3/t11?,13-,14?,15-/m1/s1. The largest absolute Gasteiger partial charge is 0.429 e. The number of benzene rings is 1. The molecule has 6 atom stereocenters. The summed E-state index contributed by atoms with van der Waals surface area (Å²) in [7, 11) is 11.9. The number of methoxy groups -OCH3 is 1. The number of Topliss-reactive ketones (excluding diaryl/α,β-unsaturated/α-hetero) is 1. The summed E-state index contributed by atoms with van der Waals surface area (Å²) >= 11 is 0. The van der Waals surface area contributed by atoms with E-state index >= 15 is 0 Å². The highest BCUT2D eigenvalue weighted by atomic mass is 31.0. The van der Waals surface area contributed by atoms with Gasteiger partial charge in [0, 0.05) is 7.11 Å². The van der Waals surface area contributed by atoms with Crippen LogP contribution in [0, 0.1) is 0 Å². The van der Waals surface area contributed by atoms with Crippen LogP contribution in [-0.2, 0) is 34.9 Å². The van der Waals surface area contributed by atoms with Crippen LogP contribution in [0.2, 0.25) is 6.82 Å². The van der Waals surface area contributed by atoms with E-state index in [-0.39, 0.29) is 19.0 Å². The molecule has 1 saturated heterocycles. The van der Waals surface area contributed by atoms with Gasteiger partial charge < -0.3 is 23.5 Å². The molecule has 2 rings (SSSR count). The number of ether oxygens (including phenoxy) is 3. The van der Waals surface area contributed by atoms with Crippen LogP contribution in [0.5, 0.6) is 0 Å². The lowest BCUT2D eigenvalue weighted by atomic mass is 9.69. The zero-order valence-corrected chi connectivity index (χ0v) is 17.3. The van der Waals surface area contributed by atoms with Crippen molar-refractivity contribution in [1.29, 1.82) is 0 Å². The van der Waals surface area contributed by atoms with Gasteiger partial charge in [-0.25, -0.2) is 0 Å². The van der Waals surface area contributed by atoms with Crippen molar-refractivity contribution in [2.24, 2.45) is 0 Å². The molecular weight excluding hydrogens is 371 g/mol. The summed E-state index contributed by atoms with van der Waals surface area (Å²) in [5.74, 6) is -0.361. The van der Waals surface area contributed by atoms with Crippen molar-refractivity contribution in [3.05, 3.63) is 35.9 Å². The lowest BCUT2D eigenvalue weighted by Crippen LogP contribution is -2.60. The summed E-state index contributed by atoms with van der Waals surface area (Å²) in [6.07, 6.45) is -3.16. The van der Waals surface area contributed by atoms with E-state index in [0.29, 0.717) is 6.61 Å². The van der Waals surface area contributed by atoms with Crippen LogP contribution in [0.1, 0.15) is 5.56 Å². The summed E-state index contributed by atoms with van der Waals surface area (Å²) in [5.41, 5.74) is 1.04. The zero-order valence-electron chi connectivity index (χ0n) is 14.9. The number of carbonyl (C=O) groups is 1. The van der Waals surface area contributed by atoms with Gasteiger partial charge in [0.1, 0.15) is 18.3 Å². The van der Waals surface area contributed by atoms with Gasteiger partial charge in [0.25, 0.3) is 6.53 Å². The minimum atomic E-state index is -1.05. The van der Waals surface area contributed by atoms with E-state index in [1.165, 1.54) is 7.11 Å². The first-order valence-electron chi connectivity index (χ1n) is 8.33. The molecule has 11 heteroatoms. The Labute approximate surface area is 161 Å². The molecule has 1 aromatic carbocycles. The normalized spacial score (nSPS) is 25.9. The molecule has 0 aromatic heterocycles. The van der Waals surface area contributed by atoms with Crippen LogP contribution < -0.4 is 0 Å². The summed E-state index contributed by atoms with van der Waals surface area (Å²) in [4.78, 5) is 12.6. The fraction of sp³-hybridized carbons (Fsp3) is 0.533. The highest BCUT2D eigenvalue weighted by molar-refractivity contribution is 7.70. The van der Waals surface area contributed by atoms with Crippen molar-refractivity contribution in [2.75, 3.05) is 13.7 Å². The quantitative estimate of drug-likeness (QED) is 0.459. The lowest BCUT2D eigenvalue weighted by molar-refractivity contribution is -0.230. The fourth-order valence-corrected chi connectivity index (χ4v) is 3.04. The molecule has 0 saturated carbocycles. The topological polar surface area (TPSA) is 63.2 Å². The third kappa shape index (κ3) is 6.42. The molecule has 138 valence electrons. The molecule has 0 spiro atoms. The molecule has 0 bridgehead atoms. The number of hydrogen-bond acceptors (Lipinski definition) is 6. The van der Waals surface area contributed by atoms with Crippen molar-refractivity contribution < 1.29 is 28.3 Å². The maximum atomic E-state index is 12.6. The first-order chi connectivity index (χ1) is 12.4. The number of rotatable bonds is 9. The van der Waals surface area contributed by atoms with Crippen molar-refractivity contribution in [3.63, 3.8) is 0 Å². The van der Waals surface area contributed by atoms with Crippen molar-refractivity contribution in [3.8, 4) is 0 Å². The van der Waals surface area contributed by atoms with Crippen molar-refractivity contribution in [1.82, 2.24) is 0 Å². The van der Waals surface area contributed by atoms with E-state index in [0.717, 1.165) is 5.56 Å². The van der Waals surface area contributed by atoms with Gasteiger partial charge in [-0.1, -0.05) is 37.2 Å². The van der Waals surface area contributed by atoms with Gasteiger partial charge in [0.15, 0.2) is 0 Å². The van der Waals surface area contributed by atoms with Gasteiger partial charge in [-0.15, -0.1) is 18.2 Å². The van der Waals surface area contributed by atoms with Crippen LogP contribution in [0.15, 0.2) is 30.3 Å². The molecule has 1 aromatic rings. The molecule has 1 fully saturated rings. The predicted molar refractivity (Wildman–Crippen MR) is 109 cm³/mol. The SMILES string of the molecule is [B]B(P)OC1C(=O)[C@H](OC)OC(COCc2ccccc2)[C@H]1OB(C)P. The van der Waals surface area contributed by atoms with E-state index in [9.17, 15) is 4.79 Å². The van der Waals surface area contributed by atoms with Gasteiger partial charge in [-0.2, -0.15) is 0 Å². The monoisotopic (exact) mass is 394 g/mol. The third-order valence-corrected chi connectivity index (χ3v) is 4.07. The average Bonchev–Trinajstić information content (AvgIpc) is 2.60. The fourth-order valence-electron chi connectivity index (χ4n) is 2.69. The Balaban J connectivity index is 2.09. The molecule has 6 nitrogen and oxygen atoms in total.